The van der Waals surface area contributed by atoms with Crippen LogP contribution in [0.5, 0.6) is 0 Å². The third-order valence-corrected chi connectivity index (χ3v) is 2.19. The van der Waals surface area contributed by atoms with E-state index in [0.29, 0.717) is 15.3 Å². The number of rotatable bonds is 3. The molecule has 1 amide bonds. The fourth-order valence-electron chi connectivity index (χ4n) is 0.502. The maximum Gasteiger partial charge on any atom is 0.233 e. The first-order valence-electron chi connectivity index (χ1n) is 2.95. The van der Waals surface area contributed by atoms with Crippen LogP contribution < -0.4 is 5.32 Å². The van der Waals surface area contributed by atoms with Gasteiger partial charge in [-0.15, -0.1) is 10.2 Å². The fourth-order valence-corrected chi connectivity index (χ4v) is 1.53. The molecule has 0 bridgehead atoms. The van der Waals surface area contributed by atoms with Crippen LogP contribution in [0.3, 0.4) is 0 Å². The molecular weight excluding hydrogens is 246 g/mol. The van der Waals surface area contributed by atoms with Crippen molar-refractivity contribution in [3.05, 3.63) is 3.92 Å². The Kier molecular flexibility index (Phi) is 3.30. The van der Waals surface area contributed by atoms with E-state index in [1.807, 2.05) is 0 Å². The van der Waals surface area contributed by atoms with Crippen LogP contribution in [0.4, 0.5) is 5.13 Å². The minimum Gasteiger partial charge on any atom is -0.303 e. The first kappa shape index (κ1) is 9.27. The van der Waals surface area contributed by atoms with E-state index in [4.69, 9.17) is 0 Å². The van der Waals surface area contributed by atoms with Crippen LogP contribution in [0, 0.1) is 0 Å². The fraction of sp³-hybridized carbons (Fsp3) is 0.200. The average molecular weight is 250 g/mol. The molecule has 0 aliphatic heterocycles. The molecule has 0 radical (unpaired) electrons. The van der Waals surface area contributed by atoms with Crippen molar-refractivity contribution in [1.82, 2.24) is 10.2 Å². The molecule has 12 heavy (non-hydrogen) atoms. The molecule has 1 rings (SSSR count). The predicted octanol–water partition coefficient (Wildman–Crippen LogP) is 0.828. The van der Waals surface area contributed by atoms with Gasteiger partial charge in [-0.2, -0.15) is 0 Å². The largest absolute Gasteiger partial charge is 0.303 e. The second-order valence-corrected chi connectivity index (χ2v) is 4.03. The average Bonchev–Trinajstić information content (AvgIpc) is 2.36. The SMILES string of the molecule is O=CCC(=O)Nc1nnc(Br)s1. The highest BCUT2D eigenvalue weighted by Crippen LogP contribution is 2.19. The van der Waals surface area contributed by atoms with Crippen molar-refractivity contribution >= 4 is 44.6 Å². The van der Waals surface area contributed by atoms with E-state index in [-0.39, 0.29) is 12.3 Å². The molecule has 0 aliphatic carbocycles. The van der Waals surface area contributed by atoms with Crippen LogP contribution in [-0.4, -0.2) is 22.4 Å². The van der Waals surface area contributed by atoms with Crippen LogP contribution >= 0.6 is 27.3 Å². The number of amides is 1. The van der Waals surface area contributed by atoms with Crippen molar-refractivity contribution in [3.63, 3.8) is 0 Å². The van der Waals surface area contributed by atoms with Gasteiger partial charge in [0.2, 0.25) is 11.0 Å². The minimum atomic E-state index is -0.381. The molecule has 5 nitrogen and oxygen atoms in total. The first-order valence-corrected chi connectivity index (χ1v) is 4.56. The van der Waals surface area contributed by atoms with Gasteiger partial charge in [-0.25, -0.2) is 0 Å². The minimum absolute atomic E-state index is 0.156. The number of nitrogens with one attached hydrogen (secondary N) is 1. The van der Waals surface area contributed by atoms with Crippen molar-refractivity contribution in [3.8, 4) is 0 Å². The summed E-state index contributed by atoms with van der Waals surface area (Å²) in [5, 5.41) is 10.0. The highest BCUT2D eigenvalue weighted by atomic mass is 79.9. The monoisotopic (exact) mass is 249 g/mol. The number of nitrogens with zero attached hydrogens (tertiary/aromatic N) is 2. The summed E-state index contributed by atoms with van der Waals surface area (Å²) in [6.45, 7) is 0. The van der Waals surface area contributed by atoms with Gasteiger partial charge < -0.3 is 10.1 Å². The van der Waals surface area contributed by atoms with Gasteiger partial charge in [0.15, 0.2) is 3.92 Å². The summed E-state index contributed by atoms with van der Waals surface area (Å²) >= 11 is 4.27. The molecule has 1 aromatic rings. The molecule has 0 saturated heterocycles. The van der Waals surface area contributed by atoms with Crippen LogP contribution in [-0.2, 0) is 9.59 Å². The van der Waals surface area contributed by atoms with Crippen LogP contribution in [0.1, 0.15) is 6.42 Å². The summed E-state index contributed by atoms with van der Waals surface area (Å²) in [6, 6.07) is 0. The Balaban J connectivity index is 2.52. The summed E-state index contributed by atoms with van der Waals surface area (Å²) in [6.07, 6.45) is 0.378. The molecule has 1 heterocycles. The lowest BCUT2D eigenvalue weighted by atomic mass is 10.4. The smallest absolute Gasteiger partial charge is 0.233 e. The zero-order valence-corrected chi connectivity index (χ0v) is 8.18. The molecule has 0 spiro atoms. The van der Waals surface area contributed by atoms with Crippen LogP contribution in [0.25, 0.3) is 0 Å². The number of carbonyl (C=O) groups is 2. The molecule has 1 aromatic heterocycles. The molecule has 1 N–H and O–H groups in total. The summed E-state index contributed by atoms with van der Waals surface area (Å²) in [4.78, 5) is 20.7. The van der Waals surface area contributed by atoms with Gasteiger partial charge in [-0.05, 0) is 15.9 Å². The van der Waals surface area contributed by atoms with E-state index < -0.39 is 0 Å². The van der Waals surface area contributed by atoms with E-state index in [9.17, 15) is 9.59 Å². The van der Waals surface area contributed by atoms with Crippen LogP contribution in [0.2, 0.25) is 0 Å². The van der Waals surface area contributed by atoms with E-state index in [2.05, 4.69) is 31.4 Å². The molecule has 0 aliphatic rings. The lowest BCUT2D eigenvalue weighted by Crippen LogP contribution is -2.11. The maximum absolute atomic E-state index is 10.8. The predicted molar refractivity (Wildman–Crippen MR) is 46.9 cm³/mol. The van der Waals surface area contributed by atoms with Crippen molar-refractivity contribution in [2.24, 2.45) is 0 Å². The van der Waals surface area contributed by atoms with Crippen LogP contribution in [0.15, 0.2) is 3.92 Å². The van der Waals surface area contributed by atoms with Gasteiger partial charge in [0.1, 0.15) is 6.29 Å². The number of carbonyl (C=O) groups excluding carboxylic acids is 2. The molecule has 0 atom stereocenters. The summed E-state index contributed by atoms with van der Waals surface area (Å²) in [5.41, 5.74) is 0. The zero-order chi connectivity index (χ0) is 8.97. The van der Waals surface area contributed by atoms with Crippen molar-refractivity contribution in [2.45, 2.75) is 6.42 Å². The van der Waals surface area contributed by atoms with E-state index >= 15 is 0 Å². The first-order chi connectivity index (χ1) is 5.72. The quantitative estimate of drug-likeness (QED) is 0.637. The lowest BCUT2D eigenvalue weighted by molar-refractivity contribution is -0.119. The van der Waals surface area contributed by atoms with Crippen molar-refractivity contribution in [1.29, 1.82) is 0 Å². The second kappa shape index (κ2) is 4.27. The second-order valence-electron chi connectivity index (χ2n) is 1.78. The van der Waals surface area contributed by atoms with Crippen molar-refractivity contribution < 1.29 is 9.59 Å². The van der Waals surface area contributed by atoms with Gasteiger partial charge in [0.05, 0.1) is 6.42 Å². The Morgan fingerprint density at radius 2 is 2.42 bits per heavy atom. The Bertz CT molecular complexity index is 301. The van der Waals surface area contributed by atoms with Gasteiger partial charge in [-0.1, -0.05) is 11.3 Å². The third-order valence-electron chi connectivity index (χ3n) is 0.915. The Labute approximate surface area is 80.3 Å². The van der Waals surface area contributed by atoms with Gasteiger partial charge in [0, 0.05) is 0 Å². The molecule has 0 fully saturated rings. The summed E-state index contributed by atoms with van der Waals surface area (Å²) in [7, 11) is 0. The Morgan fingerprint density at radius 3 is 2.92 bits per heavy atom. The number of hydrogen-bond donors (Lipinski definition) is 1. The lowest BCUT2D eigenvalue weighted by Gasteiger charge is -1.93. The van der Waals surface area contributed by atoms with Crippen molar-refractivity contribution in [2.75, 3.05) is 5.32 Å². The van der Waals surface area contributed by atoms with Gasteiger partial charge in [-0.3, -0.25) is 4.79 Å². The number of aldehydes is 1. The summed E-state index contributed by atoms with van der Waals surface area (Å²) < 4.78 is 0.587. The van der Waals surface area contributed by atoms with Gasteiger partial charge in [0.25, 0.3) is 0 Å². The number of anilines is 1. The highest BCUT2D eigenvalue weighted by molar-refractivity contribution is 9.11. The normalized spacial score (nSPS) is 9.42. The highest BCUT2D eigenvalue weighted by Gasteiger charge is 2.05. The number of halogens is 1. The van der Waals surface area contributed by atoms with E-state index in [0.717, 1.165) is 0 Å². The molecular formula is C5H4BrN3O2S. The zero-order valence-electron chi connectivity index (χ0n) is 5.78. The maximum atomic E-state index is 10.8. The third kappa shape index (κ3) is 2.67. The molecule has 7 heteroatoms. The summed E-state index contributed by atoms with van der Waals surface area (Å²) in [5.74, 6) is -0.381. The van der Waals surface area contributed by atoms with E-state index in [1.165, 1.54) is 11.3 Å². The molecule has 0 aromatic carbocycles. The molecule has 0 unspecified atom stereocenters. The Hall–Kier alpha value is -0.820. The topological polar surface area (TPSA) is 72.0 Å². The Morgan fingerprint density at radius 1 is 1.67 bits per heavy atom. The van der Waals surface area contributed by atoms with Gasteiger partial charge >= 0.3 is 0 Å². The molecule has 64 valence electrons. The number of aromatic nitrogens is 2. The molecule has 0 saturated carbocycles. The standard InChI is InChI=1S/C5H4BrN3O2S/c6-4-8-9-5(12-4)7-3(11)1-2-10/h2H,1H2,(H,7,9,11). The number of hydrogen-bond acceptors (Lipinski definition) is 5. The van der Waals surface area contributed by atoms with E-state index in [1.54, 1.807) is 0 Å².